The number of amides is 1. The third-order valence-corrected chi connectivity index (χ3v) is 4.97. The number of unbranched alkanes of at least 4 members (excludes halogenated alkanes) is 1. The number of piperazine rings is 1. The number of ether oxygens (including phenoxy) is 1. The summed E-state index contributed by atoms with van der Waals surface area (Å²) in [6, 6.07) is 3.60. The lowest BCUT2D eigenvalue weighted by atomic mass is 10.1. The zero-order valence-electron chi connectivity index (χ0n) is 16.1. The average Bonchev–Trinajstić information content (AvgIpc) is 3.39. The first kappa shape index (κ1) is 19.5. The van der Waals surface area contributed by atoms with Crippen LogP contribution < -0.4 is 0 Å². The van der Waals surface area contributed by atoms with Crippen molar-refractivity contribution in [3.63, 3.8) is 0 Å². The van der Waals surface area contributed by atoms with E-state index in [-0.39, 0.29) is 11.9 Å². The van der Waals surface area contributed by atoms with Crippen LogP contribution in [0.3, 0.4) is 0 Å². The minimum Gasteiger partial charge on any atom is -0.459 e. The van der Waals surface area contributed by atoms with Gasteiger partial charge in [-0.25, -0.2) is 4.68 Å². The first-order valence-electron chi connectivity index (χ1n) is 9.56. The molecule has 0 saturated carbocycles. The predicted molar refractivity (Wildman–Crippen MR) is 98.1 cm³/mol. The van der Waals surface area contributed by atoms with E-state index in [0.29, 0.717) is 32.0 Å². The Morgan fingerprint density at radius 3 is 2.81 bits per heavy atom. The van der Waals surface area contributed by atoms with Crippen molar-refractivity contribution in [2.24, 2.45) is 0 Å². The van der Waals surface area contributed by atoms with E-state index in [1.165, 1.54) is 6.26 Å². The molecule has 0 unspecified atom stereocenters. The summed E-state index contributed by atoms with van der Waals surface area (Å²) in [5.41, 5.74) is 0. The van der Waals surface area contributed by atoms with Crippen molar-refractivity contribution in [3.05, 3.63) is 30.0 Å². The first-order valence-corrected chi connectivity index (χ1v) is 9.56. The molecule has 0 radical (unpaired) electrons. The molecular formula is C18H28N6O3. The van der Waals surface area contributed by atoms with Gasteiger partial charge in [-0.3, -0.25) is 9.69 Å². The molecule has 0 bridgehead atoms. The van der Waals surface area contributed by atoms with Gasteiger partial charge in [-0.2, -0.15) is 0 Å². The normalized spacial score (nSPS) is 16.6. The Kier molecular flexibility index (Phi) is 6.94. The number of hydrogen-bond donors (Lipinski definition) is 0. The largest absolute Gasteiger partial charge is 0.459 e. The molecule has 148 valence electrons. The summed E-state index contributed by atoms with van der Waals surface area (Å²) in [5.74, 6) is 1.23. The molecule has 3 heterocycles. The van der Waals surface area contributed by atoms with Crippen molar-refractivity contribution in [1.82, 2.24) is 30.0 Å². The van der Waals surface area contributed by atoms with Crippen LogP contribution in [0.2, 0.25) is 0 Å². The molecule has 1 atom stereocenters. The van der Waals surface area contributed by atoms with Gasteiger partial charge in [0.15, 0.2) is 11.6 Å². The van der Waals surface area contributed by atoms with Crippen molar-refractivity contribution in [2.75, 3.05) is 39.9 Å². The molecule has 1 saturated heterocycles. The van der Waals surface area contributed by atoms with Crippen LogP contribution in [-0.2, 0) is 11.3 Å². The van der Waals surface area contributed by atoms with Gasteiger partial charge < -0.3 is 14.1 Å². The molecule has 9 nitrogen and oxygen atoms in total. The number of hydrogen-bond acceptors (Lipinski definition) is 7. The van der Waals surface area contributed by atoms with Crippen LogP contribution in [0.5, 0.6) is 0 Å². The van der Waals surface area contributed by atoms with Crippen LogP contribution in [0.1, 0.15) is 48.6 Å². The number of carbonyl (C=O) groups is 1. The quantitative estimate of drug-likeness (QED) is 0.657. The Balaban J connectivity index is 1.66. The summed E-state index contributed by atoms with van der Waals surface area (Å²) in [4.78, 5) is 16.7. The van der Waals surface area contributed by atoms with Gasteiger partial charge in [0.1, 0.15) is 0 Å². The maximum absolute atomic E-state index is 12.5. The van der Waals surface area contributed by atoms with E-state index in [4.69, 9.17) is 9.15 Å². The molecule has 0 N–H and O–H groups in total. The Bertz CT molecular complexity index is 694. The lowest BCUT2D eigenvalue weighted by Crippen LogP contribution is -2.50. The number of methoxy groups -OCH3 is 1. The predicted octanol–water partition coefficient (Wildman–Crippen LogP) is 1.60. The van der Waals surface area contributed by atoms with Crippen molar-refractivity contribution >= 4 is 5.91 Å². The number of tetrazole rings is 1. The average molecular weight is 376 g/mol. The molecule has 9 heteroatoms. The second-order valence-corrected chi connectivity index (χ2v) is 6.72. The van der Waals surface area contributed by atoms with E-state index in [0.717, 1.165) is 38.2 Å². The summed E-state index contributed by atoms with van der Waals surface area (Å²) >= 11 is 0. The number of rotatable bonds is 9. The third kappa shape index (κ3) is 4.72. The third-order valence-electron chi connectivity index (χ3n) is 4.97. The number of nitrogens with zero attached hydrogens (tertiary/aromatic N) is 6. The Morgan fingerprint density at radius 1 is 1.33 bits per heavy atom. The van der Waals surface area contributed by atoms with E-state index in [1.807, 2.05) is 9.58 Å². The maximum atomic E-state index is 12.5. The van der Waals surface area contributed by atoms with Crippen molar-refractivity contribution in [1.29, 1.82) is 0 Å². The van der Waals surface area contributed by atoms with E-state index in [2.05, 4.69) is 27.3 Å². The highest BCUT2D eigenvalue weighted by Gasteiger charge is 2.30. The smallest absolute Gasteiger partial charge is 0.289 e. The molecule has 1 aliphatic rings. The molecule has 0 aromatic carbocycles. The van der Waals surface area contributed by atoms with E-state index in [1.54, 1.807) is 19.2 Å². The molecule has 27 heavy (non-hydrogen) atoms. The molecule has 1 aliphatic heterocycles. The highest BCUT2D eigenvalue weighted by molar-refractivity contribution is 5.91. The van der Waals surface area contributed by atoms with E-state index < -0.39 is 0 Å². The number of aromatic nitrogens is 4. The van der Waals surface area contributed by atoms with Gasteiger partial charge in [0.25, 0.3) is 5.91 Å². The van der Waals surface area contributed by atoms with E-state index in [9.17, 15) is 4.79 Å². The van der Waals surface area contributed by atoms with Crippen LogP contribution in [0, 0.1) is 0 Å². The first-order chi connectivity index (χ1) is 13.2. The Labute approximate surface area is 159 Å². The monoisotopic (exact) mass is 376 g/mol. The summed E-state index contributed by atoms with van der Waals surface area (Å²) in [6.07, 6.45) is 4.75. The Morgan fingerprint density at radius 2 is 2.15 bits per heavy atom. The van der Waals surface area contributed by atoms with Gasteiger partial charge in [0.2, 0.25) is 0 Å². The van der Waals surface area contributed by atoms with Crippen LogP contribution in [0.15, 0.2) is 22.8 Å². The second-order valence-electron chi connectivity index (χ2n) is 6.72. The fraction of sp³-hybridized carbons (Fsp3) is 0.667. The van der Waals surface area contributed by atoms with Gasteiger partial charge in [-0.1, -0.05) is 19.8 Å². The molecule has 1 fully saturated rings. The highest BCUT2D eigenvalue weighted by Crippen LogP contribution is 2.26. The summed E-state index contributed by atoms with van der Waals surface area (Å²) in [7, 11) is 1.67. The molecular weight excluding hydrogens is 348 g/mol. The van der Waals surface area contributed by atoms with Crippen molar-refractivity contribution < 1.29 is 13.9 Å². The summed E-state index contributed by atoms with van der Waals surface area (Å²) in [6.45, 7) is 6.31. The minimum atomic E-state index is -0.0466. The topological polar surface area (TPSA) is 89.5 Å². The van der Waals surface area contributed by atoms with Crippen molar-refractivity contribution in [3.8, 4) is 0 Å². The minimum absolute atomic E-state index is 0.0466. The second kappa shape index (κ2) is 9.61. The maximum Gasteiger partial charge on any atom is 0.289 e. The van der Waals surface area contributed by atoms with Crippen LogP contribution in [0.25, 0.3) is 0 Å². The van der Waals surface area contributed by atoms with Crippen molar-refractivity contribution in [2.45, 2.75) is 38.8 Å². The van der Waals surface area contributed by atoms with Crippen LogP contribution >= 0.6 is 0 Å². The van der Waals surface area contributed by atoms with Gasteiger partial charge in [0.05, 0.1) is 25.5 Å². The standard InChI is InChI=1S/C18H28N6O3/c1-3-4-6-15(17-19-20-21-24(17)12-14-26-2)22-8-10-23(11-9-22)18(25)16-7-5-13-27-16/h5,7,13,15H,3-4,6,8-12,14H2,1-2H3/t15-/m0/s1. The zero-order chi connectivity index (χ0) is 19.1. The fourth-order valence-corrected chi connectivity index (χ4v) is 3.45. The van der Waals surface area contributed by atoms with Gasteiger partial charge >= 0.3 is 0 Å². The van der Waals surface area contributed by atoms with Crippen LogP contribution in [0.4, 0.5) is 0 Å². The lowest BCUT2D eigenvalue weighted by Gasteiger charge is -2.38. The lowest BCUT2D eigenvalue weighted by molar-refractivity contribution is 0.0510. The molecule has 3 rings (SSSR count). The molecule has 1 amide bonds. The SMILES string of the molecule is CCCC[C@@H](c1nnnn1CCOC)N1CCN(C(=O)c2ccco2)CC1. The fourth-order valence-electron chi connectivity index (χ4n) is 3.45. The van der Waals surface area contributed by atoms with Gasteiger partial charge in [0, 0.05) is 33.3 Å². The van der Waals surface area contributed by atoms with E-state index >= 15 is 0 Å². The zero-order valence-corrected chi connectivity index (χ0v) is 16.1. The molecule has 2 aromatic rings. The van der Waals surface area contributed by atoms with Gasteiger partial charge in [-0.05, 0) is 29.0 Å². The van der Waals surface area contributed by atoms with Gasteiger partial charge in [-0.15, -0.1) is 5.10 Å². The summed E-state index contributed by atoms with van der Waals surface area (Å²) < 4.78 is 12.2. The Hall–Kier alpha value is -2.26. The number of furan rings is 1. The highest BCUT2D eigenvalue weighted by atomic mass is 16.5. The van der Waals surface area contributed by atoms with Crippen LogP contribution in [-0.4, -0.2) is 75.8 Å². The number of carbonyl (C=O) groups excluding carboxylic acids is 1. The molecule has 0 aliphatic carbocycles. The summed E-state index contributed by atoms with van der Waals surface area (Å²) in [5, 5.41) is 12.3. The molecule has 2 aromatic heterocycles. The molecule has 0 spiro atoms.